The Morgan fingerprint density at radius 2 is 1.84 bits per heavy atom. The largest absolute Gasteiger partial charge is 0.329 e. The van der Waals surface area contributed by atoms with Crippen molar-refractivity contribution in [3.63, 3.8) is 0 Å². The number of thioether (sulfide) groups is 1. The summed E-state index contributed by atoms with van der Waals surface area (Å²) in [7, 11) is 0. The van der Waals surface area contributed by atoms with Crippen molar-refractivity contribution in [1.29, 1.82) is 5.26 Å². The van der Waals surface area contributed by atoms with Crippen LogP contribution in [0.3, 0.4) is 0 Å². The predicted octanol–water partition coefficient (Wildman–Crippen LogP) is 6.21. The van der Waals surface area contributed by atoms with Crippen LogP contribution in [0.25, 0.3) is 11.3 Å². The summed E-state index contributed by atoms with van der Waals surface area (Å²) >= 11 is 5.12. The lowest BCUT2D eigenvalue weighted by molar-refractivity contribution is 0.521. The van der Waals surface area contributed by atoms with Crippen LogP contribution in [0, 0.1) is 11.3 Å². The highest BCUT2D eigenvalue weighted by Crippen LogP contribution is 2.44. The van der Waals surface area contributed by atoms with Crippen molar-refractivity contribution in [2.45, 2.75) is 38.8 Å². The minimum Gasteiger partial charge on any atom is -0.329 e. The second-order valence-electron chi connectivity index (χ2n) is 7.89. The highest BCUT2D eigenvalue weighted by atomic mass is 79.9. The van der Waals surface area contributed by atoms with Gasteiger partial charge in [-0.05, 0) is 36.1 Å². The zero-order valence-corrected chi connectivity index (χ0v) is 19.9. The van der Waals surface area contributed by atoms with Crippen molar-refractivity contribution in [1.82, 2.24) is 19.7 Å². The van der Waals surface area contributed by atoms with E-state index in [1.54, 1.807) is 11.8 Å². The Labute approximate surface area is 200 Å². The van der Waals surface area contributed by atoms with E-state index in [0.29, 0.717) is 17.9 Å². The molecule has 0 saturated heterocycles. The standard InChI is InChI=1S/C25H22BrN5S/c26-20-12-10-19(11-13-20)22-17-32-25(31(22)16-18-7-3-1-4-8-18)21(15-27)24-29-28-23-9-5-2-6-14-30(23)24/h1,3-4,7-8,10-13,17H,2,5-6,9,14,16H2. The van der Waals surface area contributed by atoms with Gasteiger partial charge in [-0.2, -0.15) is 5.26 Å². The number of nitrogens with zero attached hydrogens (tertiary/aromatic N) is 5. The average molecular weight is 504 g/mol. The monoisotopic (exact) mass is 503 g/mol. The summed E-state index contributed by atoms with van der Waals surface area (Å²) in [4.78, 5) is 2.24. The van der Waals surface area contributed by atoms with Crippen molar-refractivity contribution in [2.75, 3.05) is 0 Å². The number of hydrogen-bond donors (Lipinski definition) is 0. The fraction of sp³-hybridized carbons (Fsp3) is 0.240. The number of hydrogen-bond acceptors (Lipinski definition) is 5. The number of halogens is 1. The van der Waals surface area contributed by atoms with Gasteiger partial charge >= 0.3 is 0 Å². The molecular formula is C25H22BrN5S. The van der Waals surface area contributed by atoms with Crippen LogP contribution in [0.4, 0.5) is 0 Å². The molecule has 0 N–H and O–H groups in total. The zero-order chi connectivity index (χ0) is 21.9. The highest BCUT2D eigenvalue weighted by Gasteiger charge is 2.29. The van der Waals surface area contributed by atoms with Crippen LogP contribution in [0.2, 0.25) is 0 Å². The number of benzene rings is 2. The third kappa shape index (κ3) is 4.13. The van der Waals surface area contributed by atoms with E-state index in [-0.39, 0.29) is 0 Å². The molecule has 2 aromatic carbocycles. The number of fused-ring (bicyclic) bond motifs is 1. The van der Waals surface area contributed by atoms with Crippen molar-refractivity contribution in [3.05, 3.63) is 92.3 Å². The molecule has 3 heterocycles. The van der Waals surface area contributed by atoms with Crippen LogP contribution in [-0.2, 0) is 19.5 Å². The molecule has 1 aromatic heterocycles. The van der Waals surface area contributed by atoms with Crippen LogP contribution in [-0.4, -0.2) is 19.7 Å². The normalized spacial score (nSPS) is 17.4. The van der Waals surface area contributed by atoms with Gasteiger partial charge in [-0.3, -0.25) is 0 Å². The molecule has 0 amide bonds. The Morgan fingerprint density at radius 1 is 1.03 bits per heavy atom. The second-order valence-corrected chi connectivity index (χ2v) is 9.67. The number of allylic oxidation sites excluding steroid dienone is 1. The molecule has 5 nitrogen and oxygen atoms in total. The van der Waals surface area contributed by atoms with Gasteiger partial charge in [-0.15, -0.1) is 10.2 Å². The van der Waals surface area contributed by atoms with Gasteiger partial charge in [-0.1, -0.05) is 76.6 Å². The maximum atomic E-state index is 10.2. The molecule has 0 radical (unpaired) electrons. The van der Waals surface area contributed by atoms with Gasteiger partial charge in [0.1, 0.15) is 22.5 Å². The molecule has 0 atom stereocenters. The lowest BCUT2D eigenvalue weighted by Gasteiger charge is -2.25. The highest BCUT2D eigenvalue weighted by molar-refractivity contribution is 9.10. The first kappa shape index (κ1) is 21.0. The first-order chi connectivity index (χ1) is 15.7. The fourth-order valence-electron chi connectivity index (χ4n) is 4.17. The number of aromatic nitrogens is 3. The van der Waals surface area contributed by atoms with E-state index in [4.69, 9.17) is 0 Å². The van der Waals surface area contributed by atoms with E-state index in [0.717, 1.165) is 52.4 Å². The third-order valence-electron chi connectivity index (χ3n) is 5.80. The Balaban J connectivity index is 1.60. The molecule has 0 unspecified atom stereocenters. The quantitative estimate of drug-likeness (QED) is 0.396. The molecule has 3 aromatic rings. The molecule has 0 aliphatic carbocycles. The molecule has 0 bridgehead atoms. The summed E-state index contributed by atoms with van der Waals surface area (Å²) in [6.45, 7) is 1.55. The molecular weight excluding hydrogens is 482 g/mol. The van der Waals surface area contributed by atoms with Crippen molar-refractivity contribution >= 4 is 39.0 Å². The summed E-state index contributed by atoms with van der Waals surface area (Å²) < 4.78 is 3.19. The topological polar surface area (TPSA) is 57.7 Å². The van der Waals surface area contributed by atoms with Gasteiger partial charge in [0.25, 0.3) is 0 Å². The maximum Gasteiger partial charge on any atom is 0.177 e. The zero-order valence-electron chi connectivity index (χ0n) is 17.5. The van der Waals surface area contributed by atoms with Crippen LogP contribution in [0.5, 0.6) is 0 Å². The molecule has 0 fully saturated rings. The molecule has 160 valence electrons. The average Bonchev–Trinajstić information content (AvgIpc) is 3.32. The number of nitriles is 1. The van der Waals surface area contributed by atoms with E-state index in [1.165, 1.54) is 12.0 Å². The maximum absolute atomic E-state index is 10.2. The van der Waals surface area contributed by atoms with Crippen LogP contribution in [0.1, 0.15) is 42.0 Å². The van der Waals surface area contributed by atoms with Crippen molar-refractivity contribution < 1.29 is 0 Å². The van der Waals surface area contributed by atoms with E-state index in [9.17, 15) is 5.26 Å². The molecule has 7 heteroatoms. The van der Waals surface area contributed by atoms with Crippen molar-refractivity contribution in [3.8, 4) is 6.07 Å². The lowest BCUT2D eigenvalue weighted by Crippen LogP contribution is -2.18. The Morgan fingerprint density at radius 3 is 2.62 bits per heavy atom. The van der Waals surface area contributed by atoms with Crippen molar-refractivity contribution in [2.24, 2.45) is 0 Å². The Kier molecular flexibility index (Phi) is 6.15. The Hall–Kier alpha value is -2.82. The first-order valence-electron chi connectivity index (χ1n) is 10.8. The predicted molar refractivity (Wildman–Crippen MR) is 132 cm³/mol. The molecule has 0 spiro atoms. The molecule has 32 heavy (non-hydrogen) atoms. The lowest BCUT2D eigenvalue weighted by atomic mass is 10.1. The van der Waals surface area contributed by atoms with Gasteiger partial charge in [0.15, 0.2) is 5.82 Å². The summed E-state index contributed by atoms with van der Waals surface area (Å²) in [5, 5.41) is 22.2. The van der Waals surface area contributed by atoms with E-state index < -0.39 is 0 Å². The summed E-state index contributed by atoms with van der Waals surface area (Å²) in [6, 6.07) is 21.1. The minimum absolute atomic E-state index is 0.593. The Bertz CT molecular complexity index is 1220. The summed E-state index contributed by atoms with van der Waals surface area (Å²) in [6.07, 6.45) is 4.33. The SMILES string of the molecule is N#CC(=C1SC=C(c2ccc(Br)cc2)N1Cc1ccccc1)c1nnc2n1CCCCC2. The smallest absolute Gasteiger partial charge is 0.177 e. The van der Waals surface area contributed by atoms with E-state index >= 15 is 0 Å². The molecule has 2 aliphatic heterocycles. The van der Waals surface area contributed by atoms with Gasteiger partial charge < -0.3 is 9.47 Å². The van der Waals surface area contributed by atoms with E-state index in [2.05, 4.69) is 83.5 Å². The second kappa shape index (κ2) is 9.35. The molecule has 5 rings (SSSR count). The van der Waals surface area contributed by atoms with Gasteiger partial charge in [0.05, 0.1) is 5.70 Å². The summed E-state index contributed by atoms with van der Waals surface area (Å²) in [5.74, 6) is 1.68. The van der Waals surface area contributed by atoms with E-state index in [1.807, 2.05) is 18.2 Å². The fourth-order valence-corrected chi connectivity index (χ4v) is 5.47. The minimum atomic E-state index is 0.593. The third-order valence-corrected chi connectivity index (χ3v) is 7.32. The van der Waals surface area contributed by atoms with Gasteiger partial charge in [-0.25, -0.2) is 0 Å². The number of aryl methyl sites for hydroxylation is 1. The molecule has 2 aliphatic rings. The van der Waals surface area contributed by atoms with Crippen LogP contribution >= 0.6 is 27.7 Å². The van der Waals surface area contributed by atoms with Gasteiger partial charge in [0, 0.05) is 29.4 Å². The van der Waals surface area contributed by atoms with Crippen LogP contribution in [0.15, 0.2) is 69.5 Å². The molecule has 0 saturated carbocycles. The summed E-state index contributed by atoms with van der Waals surface area (Å²) in [5.41, 5.74) is 3.98. The number of rotatable bonds is 4. The first-order valence-corrected chi connectivity index (χ1v) is 12.4. The van der Waals surface area contributed by atoms with Crippen LogP contribution < -0.4 is 0 Å². The van der Waals surface area contributed by atoms with Gasteiger partial charge in [0.2, 0.25) is 0 Å².